The third kappa shape index (κ3) is 2.07. The lowest BCUT2D eigenvalue weighted by Crippen LogP contribution is -2.39. The summed E-state index contributed by atoms with van der Waals surface area (Å²) in [6.45, 7) is 2.13. The van der Waals surface area contributed by atoms with Crippen LogP contribution in [0.15, 0.2) is 22.7 Å². The van der Waals surface area contributed by atoms with Crippen LogP contribution in [0.1, 0.15) is 22.8 Å². The Morgan fingerprint density at radius 2 is 2.24 bits per heavy atom. The van der Waals surface area contributed by atoms with Gasteiger partial charge in [0.25, 0.3) is 5.91 Å². The number of nitrogens with zero attached hydrogens (tertiary/aromatic N) is 1. The molecule has 17 heavy (non-hydrogen) atoms. The summed E-state index contributed by atoms with van der Waals surface area (Å²) in [6.07, 6.45) is 0. The molecular formula is C12H12BrNO3. The first-order valence-corrected chi connectivity index (χ1v) is 6.01. The van der Waals surface area contributed by atoms with E-state index in [4.69, 9.17) is 0 Å². The Hall–Kier alpha value is -1.36. The number of hydrogen-bond acceptors (Lipinski definition) is 3. The molecule has 0 fully saturated rings. The molecule has 1 amide bonds. The molecule has 2 rings (SSSR count). The molecule has 1 aromatic carbocycles. The van der Waals surface area contributed by atoms with Crippen molar-refractivity contribution in [1.29, 1.82) is 0 Å². The van der Waals surface area contributed by atoms with E-state index < -0.39 is 12.0 Å². The fraction of sp³-hybridized carbons (Fsp3) is 0.333. The van der Waals surface area contributed by atoms with Crippen molar-refractivity contribution >= 4 is 27.8 Å². The van der Waals surface area contributed by atoms with Crippen LogP contribution in [0.5, 0.6) is 0 Å². The van der Waals surface area contributed by atoms with Crippen molar-refractivity contribution in [3.05, 3.63) is 33.8 Å². The summed E-state index contributed by atoms with van der Waals surface area (Å²) in [5.74, 6) is -0.524. The minimum Gasteiger partial charge on any atom is -0.467 e. The quantitative estimate of drug-likeness (QED) is 0.784. The first kappa shape index (κ1) is 12.1. The number of methoxy groups -OCH3 is 1. The second-order valence-electron chi connectivity index (χ2n) is 3.93. The third-order valence-corrected chi connectivity index (χ3v) is 3.41. The number of amides is 1. The molecule has 0 spiro atoms. The Morgan fingerprint density at radius 3 is 2.88 bits per heavy atom. The normalized spacial score (nSPS) is 15.7. The van der Waals surface area contributed by atoms with Gasteiger partial charge in [-0.2, -0.15) is 0 Å². The predicted octanol–water partition coefficient (Wildman–Crippen LogP) is 1.97. The van der Waals surface area contributed by atoms with Gasteiger partial charge in [-0.05, 0) is 24.6 Å². The highest BCUT2D eigenvalue weighted by Gasteiger charge is 2.34. The second-order valence-corrected chi connectivity index (χ2v) is 4.85. The van der Waals surface area contributed by atoms with Crippen molar-refractivity contribution in [2.75, 3.05) is 7.11 Å². The molecule has 1 aliphatic rings. The van der Waals surface area contributed by atoms with E-state index in [1.807, 2.05) is 12.1 Å². The highest BCUT2D eigenvalue weighted by Crippen LogP contribution is 2.27. The molecule has 5 heteroatoms. The van der Waals surface area contributed by atoms with Crippen LogP contribution in [0.4, 0.5) is 0 Å². The Kier molecular flexibility index (Phi) is 3.19. The van der Waals surface area contributed by atoms with Crippen LogP contribution < -0.4 is 0 Å². The molecule has 0 unspecified atom stereocenters. The van der Waals surface area contributed by atoms with Gasteiger partial charge in [-0.1, -0.05) is 22.0 Å². The maximum Gasteiger partial charge on any atom is 0.328 e. The monoisotopic (exact) mass is 297 g/mol. The molecule has 1 aromatic rings. The molecule has 0 bridgehead atoms. The van der Waals surface area contributed by atoms with E-state index in [9.17, 15) is 9.59 Å². The van der Waals surface area contributed by atoms with Crippen molar-refractivity contribution < 1.29 is 14.3 Å². The highest BCUT2D eigenvalue weighted by molar-refractivity contribution is 9.10. The summed E-state index contributed by atoms with van der Waals surface area (Å²) in [5, 5.41) is 0. The average Bonchev–Trinajstić information content (AvgIpc) is 2.65. The molecule has 0 saturated heterocycles. The average molecular weight is 298 g/mol. The van der Waals surface area contributed by atoms with Crippen LogP contribution in [0.25, 0.3) is 0 Å². The highest BCUT2D eigenvalue weighted by atomic mass is 79.9. The minimum absolute atomic E-state index is 0.126. The SMILES string of the molecule is COC(=O)[C@H](C)N1Cc2ccc(Br)cc2C1=O. The summed E-state index contributed by atoms with van der Waals surface area (Å²) < 4.78 is 5.51. The van der Waals surface area contributed by atoms with Gasteiger partial charge in [0.2, 0.25) is 0 Å². The number of hydrogen-bond donors (Lipinski definition) is 0. The number of rotatable bonds is 2. The number of esters is 1. The molecule has 1 heterocycles. The number of fused-ring (bicyclic) bond motifs is 1. The van der Waals surface area contributed by atoms with Gasteiger partial charge in [0, 0.05) is 16.6 Å². The Balaban J connectivity index is 2.28. The lowest BCUT2D eigenvalue weighted by atomic mass is 10.1. The molecule has 4 nitrogen and oxygen atoms in total. The summed E-state index contributed by atoms with van der Waals surface area (Å²) >= 11 is 3.33. The Labute approximate surface area is 108 Å². The number of carbonyl (C=O) groups is 2. The smallest absolute Gasteiger partial charge is 0.328 e. The fourth-order valence-electron chi connectivity index (χ4n) is 1.91. The molecule has 0 radical (unpaired) electrons. The molecule has 0 aromatic heterocycles. The molecule has 0 N–H and O–H groups in total. The van der Waals surface area contributed by atoms with E-state index in [1.54, 1.807) is 13.0 Å². The lowest BCUT2D eigenvalue weighted by molar-refractivity contribution is -0.145. The van der Waals surface area contributed by atoms with E-state index >= 15 is 0 Å². The minimum atomic E-state index is -0.557. The first-order valence-electron chi connectivity index (χ1n) is 5.22. The van der Waals surface area contributed by atoms with Crippen LogP contribution in [0.2, 0.25) is 0 Å². The summed E-state index contributed by atoms with van der Waals surface area (Å²) in [6, 6.07) is 5.00. The van der Waals surface area contributed by atoms with E-state index in [0.717, 1.165) is 10.0 Å². The van der Waals surface area contributed by atoms with Crippen molar-refractivity contribution in [3.8, 4) is 0 Å². The van der Waals surface area contributed by atoms with Crippen molar-refractivity contribution in [2.45, 2.75) is 19.5 Å². The molecule has 0 aliphatic carbocycles. The zero-order valence-corrected chi connectivity index (χ0v) is 11.2. The van der Waals surface area contributed by atoms with E-state index in [-0.39, 0.29) is 5.91 Å². The van der Waals surface area contributed by atoms with E-state index in [0.29, 0.717) is 12.1 Å². The number of ether oxygens (including phenoxy) is 1. The van der Waals surface area contributed by atoms with Crippen molar-refractivity contribution in [2.24, 2.45) is 0 Å². The molecule has 1 atom stereocenters. The van der Waals surface area contributed by atoms with Crippen LogP contribution in [0.3, 0.4) is 0 Å². The van der Waals surface area contributed by atoms with Gasteiger partial charge in [0.05, 0.1) is 7.11 Å². The molecular weight excluding hydrogens is 286 g/mol. The van der Waals surface area contributed by atoms with Gasteiger partial charge in [-0.3, -0.25) is 4.79 Å². The second kappa shape index (κ2) is 4.49. The van der Waals surface area contributed by atoms with E-state index in [2.05, 4.69) is 20.7 Å². The summed E-state index contributed by atoms with van der Waals surface area (Å²) in [7, 11) is 1.32. The predicted molar refractivity (Wildman–Crippen MR) is 65.5 cm³/mol. The molecule has 1 aliphatic heterocycles. The maximum absolute atomic E-state index is 12.1. The zero-order chi connectivity index (χ0) is 12.6. The Bertz CT molecular complexity index is 487. The third-order valence-electron chi connectivity index (χ3n) is 2.91. The number of benzene rings is 1. The maximum atomic E-state index is 12.1. The molecule has 90 valence electrons. The first-order chi connectivity index (χ1) is 8.04. The van der Waals surface area contributed by atoms with Gasteiger partial charge in [-0.15, -0.1) is 0 Å². The van der Waals surface area contributed by atoms with Crippen LogP contribution >= 0.6 is 15.9 Å². The zero-order valence-electron chi connectivity index (χ0n) is 9.57. The topological polar surface area (TPSA) is 46.6 Å². The summed E-state index contributed by atoms with van der Waals surface area (Å²) in [4.78, 5) is 25.1. The standard InChI is InChI=1S/C12H12BrNO3/c1-7(12(16)17-2)14-6-8-3-4-9(13)5-10(8)11(14)15/h3-5,7H,6H2,1-2H3/t7-/m0/s1. The van der Waals surface area contributed by atoms with Crippen molar-refractivity contribution in [3.63, 3.8) is 0 Å². The fourth-order valence-corrected chi connectivity index (χ4v) is 2.27. The summed E-state index contributed by atoms with van der Waals surface area (Å²) in [5.41, 5.74) is 1.59. The van der Waals surface area contributed by atoms with Crippen LogP contribution in [-0.2, 0) is 16.1 Å². The Morgan fingerprint density at radius 1 is 1.53 bits per heavy atom. The van der Waals surface area contributed by atoms with Gasteiger partial charge < -0.3 is 9.64 Å². The number of halogens is 1. The van der Waals surface area contributed by atoms with E-state index in [1.165, 1.54) is 12.0 Å². The van der Waals surface area contributed by atoms with Crippen molar-refractivity contribution in [1.82, 2.24) is 4.90 Å². The van der Waals surface area contributed by atoms with Gasteiger partial charge in [0.15, 0.2) is 0 Å². The lowest BCUT2D eigenvalue weighted by Gasteiger charge is -2.21. The van der Waals surface area contributed by atoms with Crippen LogP contribution in [-0.4, -0.2) is 29.9 Å². The largest absolute Gasteiger partial charge is 0.467 e. The van der Waals surface area contributed by atoms with Gasteiger partial charge in [0.1, 0.15) is 6.04 Å². The molecule has 0 saturated carbocycles. The van der Waals surface area contributed by atoms with Gasteiger partial charge >= 0.3 is 5.97 Å². The van der Waals surface area contributed by atoms with Gasteiger partial charge in [-0.25, -0.2) is 4.79 Å². The number of carbonyl (C=O) groups excluding carboxylic acids is 2. The van der Waals surface area contributed by atoms with Crippen LogP contribution in [0, 0.1) is 0 Å².